The molecule has 144 valence electrons. The molecule has 0 aliphatic carbocycles. The van der Waals surface area contributed by atoms with Crippen molar-refractivity contribution in [3.05, 3.63) is 54.0 Å². The van der Waals surface area contributed by atoms with Crippen molar-refractivity contribution < 1.29 is 23.5 Å². The molecule has 0 radical (unpaired) electrons. The third-order valence-electron chi connectivity index (χ3n) is 4.69. The summed E-state index contributed by atoms with van der Waals surface area (Å²) >= 11 is 0. The van der Waals surface area contributed by atoms with Crippen molar-refractivity contribution in [2.24, 2.45) is 5.10 Å². The molecule has 0 spiro atoms. The number of hydrogen-bond acceptors (Lipinski definition) is 6. The molecule has 4 rings (SSSR count). The zero-order chi connectivity index (χ0) is 19.7. The lowest BCUT2D eigenvalue weighted by molar-refractivity contribution is -0.138. The highest BCUT2D eigenvalue weighted by Crippen LogP contribution is 2.33. The van der Waals surface area contributed by atoms with Crippen molar-refractivity contribution in [3.8, 4) is 5.75 Å². The molecule has 28 heavy (non-hydrogen) atoms. The van der Waals surface area contributed by atoms with E-state index in [1.54, 1.807) is 19.2 Å². The molecule has 2 aliphatic rings. The predicted octanol–water partition coefficient (Wildman–Crippen LogP) is 1.52. The van der Waals surface area contributed by atoms with E-state index < -0.39 is 23.9 Å². The number of urea groups is 1. The normalized spacial score (nSPS) is 19.0. The maximum absolute atomic E-state index is 12.9. The fourth-order valence-corrected chi connectivity index (χ4v) is 3.22. The van der Waals surface area contributed by atoms with Gasteiger partial charge in [-0.1, -0.05) is 0 Å². The number of nitrogens with one attached hydrogen (secondary N) is 1. The van der Waals surface area contributed by atoms with Crippen LogP contribution < -0.4 is 10.1 Å². The van der Waals surface area contributed by atoms with Crippen molar-refractivity contribution in [1.82, 2.24) is 15.2 Å². The number of hydrogen-bond donors (Lipinski definition) is 1. The van der Waals surface area contributed by atoms with Gasteiger partial charge < -0.3 is 14.5 Å². The van der Waals surface area contributed by atoms with E-state index in [-0.39, 0.29) is 13.1 Å². The van der Waals surface area contributed by atoms with Gasteiger partial charge in [0.1, 0.15) is 24.1 Å². The number of amides is 4. The van der Waals surface area contributed by atoms with Gasteiger partial charge in [-0.05, 0) is 42.0 Å². The molecule has 0 saturated carbocycles. The summed E-state index contributed by atoms with van der Waals surface area (Å²) in [7, 11) is 1.59. The molecule has 1 aromatic heterocycles. The van der Waals surface area contributed by atoms with Crippen molar-refractivity contribution in [2.75, 3.05) is 20.2 Å². The summed E-state index contributed by atoms with van der Waals surface area (Å²) in [6.07, 6.45) is 1.98. The molecular weight excluding hydrogens is 364 g/mol. The molecule has 9 heteroatoms. The Balaban J connectivity index is 1.60. The van der Waals surface area contributed by atoms with Gasteiger partial charge in [-0.3, -0.25) is 14.5 Å². The van der Waals surface area contributed by atoms with Gasteiger partial charge in [0.2, 0.25) is 0 Å². The number of furan rings is 1. The number of benzene rings is 1. The number of rotatable bonds is 5. The van der Waals surface area contributed by atoms with E-state index in [1.165, 1.54) is 11.3 Å². The molecule has 0 bridgehead atoms. The average molecular weight is 382 g/mol. The van der Waals surface area contributed by atoms with Crippen molar-refractivity contribution >= 4 is 23.6 Å². The van der Waals surface area contributed by atoms with Gasteiger partial charge in [0.25, 0.3) is 11.8 Å². The van der Waals surface area contributed by atoms with Gasteiger partial charge in [-0.15, -0.1) is 0 Å². The minimum atomic E-state index is -0.577. The van der Waals surface area contributed by atoms with Crippen molar-refractivity contribution in [2.45, 2.75) is 12.5 Å². The predicted molar refractivity (Wildman–Crippen MR) is 97.6 cm³/mol. The van der Waals surface area contributed by atoms with E-state index in [0.717, 1.165) is 16.2 Å². The summed E-state index contributed by atoms with van der Waals surface area (Å²) in [5, 5.41) is 8.16. The highest BCUT2D eigenvalue weighted by molar-refractivity contribution is 6.06. The Hall–Kier alpha value is -3.62. The van der Waals surface area contributed by atoms with Crippen molar-refractivity contribution in [3.63, 3.8) is 0 Å². The lowest BCUT2D eigenvalue weighted by Crippen LogP contribution is -2.41. The molecule has 1 saturated heterocycles. The highest BCUT2D eigenvalue weighted by Gasteiger charge is 2.38. The number of carbonyl (C=O) groups is 3. The first kappa shape index (κ1) is 17.8. The number of hydrazone groups is 1. The van der Waals surface area contributed by atoms with Gasteiger partial charge in [0.15, 0.2) is 0 Å². The zero-order valence-corrected chi connectivity index (χ0v) is 15.1. The molecule has 1 aromatic carbocycles. The van der Waals surface area contributed by atoms with Crippen molar-refractivity contribution in [1.29, 1.82) is 0 Å². The van der Waals surface area contributed by atoms with Crippen LogP contribution in [0, 0.1) is 0 Å². The molecule has 1 fully saturated rings. The van der Waals surface area contributed by atoms with Crippen LogP contribution in [0.25, 0.3) is 0 Å². The lowest BCUT2D eigenvalue weighted by atomic mass is 10.0. The molecule has 1 atom stereocenters. The second-order valence-corrected chi connectivity index (χ2v) is 6.39. The van der Waals surface area contributed by atoms with E-state index in [1.807, 2.05) is 24.3 Å². The maximum atomic E-state index is 12.9. The van der Waals surface area contributed by atoms with Gasteiger partial charge in [0.05, 0.1) is 25.6 Å². The first-order valence-electron chi connectivity index (χ1n) is 8.72. The molecule has 2 aliphatic heterocycles. The second-order valence-electron chi connectivity index (χ2n) is 6.39. The Bertz CT molecular complexity index is 920. The summed E-state index contributed by atoms with van der Waals surface area (Å²) in [6.45, 7) is -0.477. The third-order valence-corrected chi connectivity index (χ3v) is 4.69. The number of imide groups is 1. The topological polar surface area (TPSA) is 104 Å². The summed E-state index contributed by atoms with van der Waals surface area (Å²) < 4.78 is 10.7. The number of ether oxygens (including phenoxy) is 1. The van der Waals surface area contributed by atoms with Crippen LogP contribution >= 0.6 is 0 Å². The largest absolute Gasteiger partial charge is 0.497 e. The quantitative estimate of drug-likeness (QED) is 0.790. The van der Waals surface area contributed by atoms with Crippen LogP contribution in [0.3, 0.4) is 0 Å². The number of nitrogens with zero attached hydrogens (tertiary/aromatic N) is 3. The highest BCUT2D eigenvalue weighted by atomic mass is 16.5. The fourth-order valence-electron chi connectivity index (χ4n) is 3.22. The SMILES string of the molecule is COc1ccc(C2=NN(C(=O)CN3C(=O)CNC3=O)[C@H](c3ccco3)C2)cc1. The molecule has 0 unspecified atom stereocenters. The zero-order valence-electron chi connectivity index (χ0n) is 15.1. The molecule has 2 aromatic rings. The Labute approximate surface area is 160 Å². The van der Waals surface area contributed by atoms with Gasteiger partial charge >= 0.3 is 6.03 Å². The standard InChI is InChI=1S/C19H18N4O5/c1-27-13-6-4-12(5-7-13)14-9-15(16-3-2-8-28-16)23(21-14)18(25)11-22-17(24)10-20-19(22)26/h2-8,15H,9-11H2,1H3,(H,20,26)/t15-/m0/s1. The van der Waals surface area contributed by atoms with Crippen LogP contribution in [0.1, 0.15) is 23.8 Å². The Morgan fingerprint density at radius 2 is 2.07 bits per heavy atom. The van der Waals surface area contributed by atoms with Crippen LogP contribution in [-0.4, -0.2) is 53.7 Å². The van der Waals surface area contributed by atoms with Gasteiger partial charge in [0, 0.05) is 6.42 Å². The third kappa shape index (κ3) is 3.22. The summed E-state index contributed by atoms with van der Waals surface area (Å²) in [6, 6.07) is 9.85. The average Bonchev–Trinajstić information content (AvgIpc) is 3.44. The molecular formula is C19H18N4O5. The molecule has 4 amide bonds. The van der Waals surface area contributed by atoms with Gasteiger partial charge in [-0.2, -0.15) is 5.10 Å². The Kier molecular flexibility index (Phi) is 4.56. The lowest BCUT2D eigenvalue weighted by Gasteiger charge is -2.21. The molecule has 1 N–H and O–H groups in total. The van der Waals surface area contributed by atoms with Crippen LogP contribution in [0.5, 0.6) is 5.75 Å². The first-order valence-corrected chi connectivity index (χ1v) is 8.72. The van der Waals surface area contributed by atoms with E-state index in [9.17, 15) is 14.4 Å². The minimum Gasteiger partial charge on any atom is -0.497 e. The van der Waals surface area contributed by atoms with Crippen LogP contribution in [-0.2, 0) is 9.59 Å². The Morgan fingerprint density at radius 1 is 1.29 bits per heavy atom. The van der Waals surface area contributed by atoms with E-state index in [2.05, 4.69) is 10.4 Å². The van der Waals surface area contributed by atoms with Crippen LogP contribution in [0.2, 0.25) is 0 Å². The summed E-state index contributed by atoms with van der Waals surface area (Å²) in [5.74, 6) is 0.399. The maximum Gasteiger partial charge on any atom is 0.325 e. The van der Waals surface area contributed by atoms with E-state index in [4.69, 9.17) is 9.15 Å². The molecule has 9 nitrogen and oxygen atoms in total. The van der Waals surface area contributed by atoms with Gasteiger partial charge in [-0.25, -0.2) is 9.80 Å². The first-order chi connectivity index (χ1) is 13.6. The van der Waals surface area contributed by atoms with E-state index in [0.29, 0.717) is 17.9 Å². The smallest absolute Gasteiger partial charge is 0.325 e. The second kappa shape index (κ2) is 7.18. The fraction of sp³-hybridized carbons (Fsp3) is 0.263. The van der Waals surface area contributed by atoms with Crippen LogP contribution in [0.4, 0.5) is 4.79 Å². The minimum absolute atomic E-state index is 0.103. The number of methoxy groups -OCH3 is 1. The summed E-state index contributed by atoms with van der Waals surface area (Å²) in [4.78, 5) is 37.3. The summed E-state index contributed by atoms with van der Waals surface area (Å²) in [5.41, 5.74) is 1.55. The van der Waals surface area contributed by atoms with Crippen LogP contribution in [0.15, 0.2) is 52.2 Å². The molecule has 3 heterocycles. The van der Waals surface area contributed by atoms with E-state index >= 15 is 0 Å². The number of carbonyl (C=O) groups excluding carboxylic acids is 3. The Morgan fingerprint density at radius 3 is 2.68 bits per heavy atom. The monoisotopic (exact) mass is 382 g/mol.